The van der Waals surface area contributed by atoms with Crippen LogP contribution in [-0.2, 0) is 0 Å². The zero-order chi connectivity index (χ0) is 42.8. The minimum absolute atomic E-state index is 0.676. The molecule has 0 radical (unpaired) electrons. The first-order valence-electron chi connectivity index (χ1n) is 22.0. The predicted octanol–water partition coefficient (Wildman–Crippen LogP) is 16.4. The molecule has 4 nitrogen and oxygen atoms in total. The number of nitrogens with zero attached hydrogens (tertiary/aromatic N) is 3. The Morgan fingerprint density at radius 3 is 1.62 bits per heavy atom. The Balaban J connectivity index is 1.06. The standard InChI is InChI=1S/C61H37N3O/c1-2-13-38(14-3-1)41-25-29-42(30-26-41)60-51-36-56-59(50-22-9-11-24-55(50)65-56)57(58(51)49-21-8-10-23-52(49)62-60)47-20-12-19-45(35-47)53-37-54(46-31-27-39-15-4-6-17-43(39)33-46)64-61(63-53)48-32-28-40-16-5-7-18-44(40)34-48/h1-37H. The minimum Gasteiger partial charge on any atom is -0.456 e. The number of hydrogen-bond acceptors (Lipinski definition) is 4. The van der Waals surface area contributed by atoms with Crippen molar-refractivity contribution in [3.8, 4) is 67.4 Å². The van der Waals surface area contributed by atoms with Crippen LogP contribution in [0.1, 0.15) is 0 Å². The van der Waals surface area contributed by atoms with Crippen molar-refractivity contribution in [1.82, 2.24) is 15.0 Å². The molecule has 4 heteroatoms. The number of aromatic nitrogens is 3. The van der Waals surface area contributed by atoms with Crippen molar-refractivity contribution in [2.75, 3.05) is 0 Å². The zero-order valence-electron chi connectivity index (χ0n) is 35.1. The second-order valence-corrected chi connectivity index (χ2v) is 16.7. The maximum atomic E-state index is 6.76. The Labute approximate surface area is 374 Å². The summed E-state index contributed by atoms with van der Waals surface area (Å²) in [5, 5.41) is 10.1. The predicted molar refractivity (Wildman–Crippen MR) is 270 cm³/mol. The fourth-order valence-electron chi connectivity index (χ4n) is 9.66. The first-order valence-corrected chi connectivity index (χ1v) is 22.0. The Morgan fingerprint density at radius 1 is 0.292 bits per heavy atom. The van der Waals surface area contributed by atoms with E-state index in [1.54, 1.807) is 0 Å². The normalized spacial score (nSPS) is 11.7. The van der Waals surface area contributed by atoms with Crippen LogP contribution in [0.2, 0.25) is 0 Å². The van der Waals surface area contributed by atoms with Crippen LogP contribution in [0.5, 0.6) is 0 Å². The second-order valence-electron chi connectivity index (χ2n) is 16.7. The van der Waals surface area contributed by atoms with E-state index < -0.39 is 0 Å². The average molecular weight is 828 g/mol. The van der Waals surface area contributed by atoms with Crippen molar-refractivity contribution in [3.63, 3.8) is 0 Å². The summed E-state index contributed by atoms with van der Waals surface area (Å²) in [5.74, 6) is 0.676. The van der Waals surface area contributed by atoms with Crippen molar-refractivity contribution >= 4 is 65.2 Å². The maximum absolute atomic E-state index is 6.76. The third kappa shape index (κ3) is 6.34. The molecule has 0 aliphatic rings. The van der Waals surface area contributed by atoms with Crippen LogP contribution in [0.3, 0.4) is 0 Å². The number of pyridine rings is 1. The van der Waals surface area contributed by atoms with Crippen molar-refractivity contribution in [2.24, 2.45) is 0 Å². The molecule has 0 aliphatic carbocycles. The molecule has 3 aromatic heterocycles. The lowest BCUT2D eigenvalue weighted by Gasteiger charge is -2.16. The molecule has 10 aromatic carbocycles. The fourth-order valence-corrected chi connectivity index (χ4v) is 9.66. The number of furan rings is 1. The van der Waals surface area contributed by atoms with Crippen LogP contribution in [0.25, 0.3) is 133 Å². The van der Waals surface area contributed by atoms with E-state index in [0.717, 1.165) is 105 Å². The topological polar surface area (TPSA) is 51.8 Å². The number of para-hydroxylation sites is 2. The molecule has 0 amide bonds. The summed E-state index contributed by atoms with van der Waals surface area (Å²) in [7, 11) is 0. The number of benzene rings is 10. The van der Waals surface area contributed by atoms with Crippen LogP contribution >= 0.6 is 0 Å². The summed E-state index contributed by atoms with van der Waals surface area (Å²) < 4.78 is 6.76. The Morgan fingerprint density at radius 2 is 0.846 bits per heavy atom. The van der Waals surface area contributed by atoms with Gasteiger partial charge in [0.25, 0.3) is 0 Å². The van der Waals surface area contributed by atoms with Crippen molar-refractivity contribution in [3.05, 3.63) is 224 Å². The van der Waals surface area contributed by atoms with Gasteiger partial charge in [-0.2, -0.15) is 0 Å². The van der Waals surface area contributed by atoms with Gasteiger partial charge >= 0.3 is 0 Å². The van der Waals surface area contributed by atoms with E-state index in [-0.39, 0.29) is 0 Å². The van der Waals surface area contributed by atoms with Gasteiger partial charge in [0.1, 0.15) is 11.2 Å². The molecular weight excluding hydrogens is 791 g/mol. The minimum atomic E-state index is 0.676. The largest absolute Gasteiger partial charge is 0.456 e. The van der Waals surface area contributed by atoms with Gasteiger partial charge in [-0.05, 0) is 80.7 Å². The maximum Gasteiger partial charge on any atom is 0.160 e. The van der Waals surface area contributed by atoms with E-state index in [1.807, 2.05) is 6.07 Å². The molecule has 0 atom stereocenters. The Hall–Kier alpha value is -8.73. The average Bonchev–Trinajstić information content (AvgIpc) is 3.76. The monoisotopic (exact) mass is 827 g/mol. The highest BCUT2D eigenvalue weighted by Crippen LogP contribution is 2.47. The molecule has 0 fully saturated rings. The van der Waals surface area contributed by atoms with Gasteiger partial charge in [-0.3, -0.25) is 0 Å². The Bertz CT molecular complexity index is 3900. The number of hydrogen-bond donors (Lipinski definition) is 0. The summed E-state index contributed by atoms with van der Waals surface area (Å²) in [4.78, 5) is 16.0. The zero-order valence-corrected chi connectivity index (χ0v) is 35.1. The van der Waals surface area contributed by atoms with E-state index in [9.17, 15) is 0 Å². The van der Waals surface area contributed by atoms with Gasteiger partial charge in [0, 0.05) is 54.7 Å². The first kappa shape index (κ1) is 36.9. The molecule has 0 N–H and O–H groups in total. The molecule has 0 saturated heterocycles. The summed E-state index contributed by atoms with van der Waals surface area (Å²) >= 11 is 0. The molecule has 0 unspecified atom stereocenters. The summed E-state index contributed by atoms with van der Waals surface area (Å²) in [6, 6.07) is 79.2. The van der Waals surface area contributed by atoms with Crippen LogP contribution in [-0.4, -0.2) is 15.0 Å². The van der Waals surface area contributed by atoms with Crippen molar-refractivity contribution < 1.29 is 4.42 Å². The van der Waals surface area contributed by atoms with E-state index >= 15 is 0 Å². The van der Waals surface area contributed by atoms with E-state index in [2.05, 4.69) is 218 Å². The summed E-state index contributed by atoms with van der Waals surface area (Å²) in [6.45, 7) is 0. The molecule has 0 spiro atoms. The third-order valence-electron chi connectivity index (χ3n) is 12.8. The van der Waals surface area contributed by atoms with Crippen LogP contribution in [0.4, 0.5) is 0 Å². The smallest absolute Gasteiger partial charge is 0.160 e. The summed E-state index contributed by atoms with van der Waals surface area (Å²) in [5.41, 5.74) is 13.7. The van der Waals surface area contributed by atoms with E-state index in [1.165, 1.54) is 21.7 Å². The lowest BCUT2D eigenvalue weighted by atomic mass is 9.88. The van der Waals surface area contributed by atoms with Crippen molar-refractivity contribution in [1.29, 1.82) is 0 Å². The lowest BCUT2D eigenvalue weighted by molar-refractivity contribution is 0.669. The van der Waals surface area contributed by atoms with Gasteiger partial charge in [0.2, 0.25) is 0 Å². The SMILES string of the molecule is c1ccc(-c2ccc(-c3nc4ccccc4c4c(-c5cccc(-c6cc(-c7ccc8ccccc8c7)nc(-c7ccc8ccccc8c7)n6)c5)c5c(cc34)oc3ccccc35)cc2)cc1. The van der Waals surface area contributed by atoms with Crippen molar-refractivity contribution in [2.45, 2.75) is 0 Å². The first-order chi connectivity index (χ1) is 32.2. The molecule has 302 valence electrons. The van der Waals surface area contributed by atoms with Crippen LogP contribution in [0, 0.1) is 0 Å². The lowest BCUT2D eigenvalue weighted by Crippen LogP contribution is -1.97. The molecule has 0 bridgehead atoms. The summed E-state index contributed by atoms with van der Waals surface area (Å²) in [6.07, 6.45) is 0. The van der Waals surface area contributed by atoms with Gasteiger partial charge in [-0.25, -0.2) is 15.0 Å². The van der Waals surface area contributed by atoms with Crippen LogP contribution in [0.15, 0.2) is 229 Å². The number of rotatable bonds is 6. The third-order valence-corrected chi connectivity index (χ3v) is 12.8. The number of fused-ring (bicyclic) bond motifs is 8. The Kier molecular flexibility index (Phi) is 8.50. The van der Waals surface area contributed by atoms with Crippen LogP contribution < -0.4 is 0 Å². The van der Waals surface area contributed by atoms with Gasteiger partial charge in [0.05, 0.1) is 22.6 Å². The molecule has 13 aromatic rings. The molecule has 65 heavy (non-hydrogen) atoms. The highest BCUT2D eigenvalue weighted by atomic mass is 16.3. The molecular formula is C61H37N3O. The fraction of sp³-hybridized carbons (Fsp3) is 0. The molecule has 13 rings (SSSR count). The quantitative estimate of drug-likeness (QED) is 0.157. The molecule has 3 heterocycles. The molecule has 0 saturated carbocycles. The highest BCUT2D eigenvalue weighted by Gasteiger charge is 2.22. The highest BCUT2D eigenvalue weighted by molar-refractivity contribution is 6.28. The molecule has 0 aliphatic heterocycles. The second kappa shape index (κ2) is 15.0. The van der Waals surface area contributed by atoms with Gasteiger partial charge in [-0.15, -0.1) is 0 Å². The van der Waals surface area contributed by atoms with E-state index in [4.69, 9.17) is 19.4 Å². The van der Waals surface area contributed by atoms with Gasteiger partial charge in [-0.1, -0.05) is 182 Å². The van der Waals surface area contributed by atoms with Gasteiger partial charge < -0.3 is 4.42 Å². The van der Waals surface area contributed by atoms with E-state index in [0.29, 0.717) is 5.82 Å². The van der Waals surface area contributed by atoms with Gasteiger partial charge in [0.15, 0.2) is 5.82 Å².